The van der Waals surface area contributed by atoms with Crippen LogP contribution in [-0.4, -0.2) is 23.1 Å². The molecule has 0 unspecified atom stereocenters. The van der Waals surface area contributed by atoms with Crippen LogP contribution in [0.4, 0.5) is 5.82 Å². The van der Waals surface area contributed by atoms with Gasteiger partial charge < -0.3 is 24.3 Å². The molecule has 0 aliphatic carbocycles. The number of hydrogen-bond acceptors (Lipinski definition) is 7. The normalized spacial score (nSPS) is 13.6. The molecule has 1 aromatic heterocycles. The van der Waals surface area contributed by atoms with E-state index in [1.165, 1.54) is 4.57 Å². The van der Waals surface area contributed by atoms with E-state index in [2.05, 4.69) is 10.3 Å². The van der Waals surface area contributed by atoms with Crippen molar-refractivity contribution in [2.75, 3.05) is 18.9 Å². The average molecular weight is 365 g/mol. The summed E-state index contributed by atoms with van der Waals surface area (Å²) < 4.78 is 22.9. The molecule has 3 heterocycles. The van der Waals surface area contributed by atoms with Crippen molar-refractivity contribution in [3.05, 3.63) is 64.7 Å². The zero-order chi connectivity index (χ0) is 18.2. The third kappa shape index (κ3) is 2.80. The van der Waals surface area contributed by atoms with Gasteiger partial charge in [-0.25, -0.2) is 4.98 Å². The van der Waals surface area contributed by atoms with Crippen molar-refractivity contribution in [3.63, 3.8) is 0 Å². The molecule has 27 heavy (non-hydrogen) atoms. The fraction of sp³-hybridized carbons (Fsp3) is 0.158. The Hall–Kier alpha value is -3.68. The second-order valence-electron chi connectivity index (χ2n) is 6.03. The Kier molecular flexibility index (Phi) is 3.60. The molecule has 0 radical (unpaired) electrons. The molecule has 3 aromatic rings. The van der Waals surface area contributed by atoms with Crippen LogP contribution in [0.15, 0.2) is 53.6 Å². The number of fused-ring (bicyclic) bond motifs is 2. The number of anilines is 1. The molecule has 136 valence electrons. The van der Waals surface area contributed by atoms with Crippen LogP contribution in [0.3, 0.4) is 0 Å². The van der Waals surface area contributed by atoms with Crippen LogP contribution in [-0.2, 0) is 6.54 Å². The average Bonchev–Trinajstić information content (AvgIpc) is 3.35. The van der Waals surface area contributed by atoms with E-state index in [1.807, 2.05) is 18.2 Å². The first kappa shape index (κ1) is 15.6. The van der Waals surface area contributed by atoms with Gasteiger partial charge in [-0.3, -0.25) is 9.36 Å². The molecular formula is C19H15N3O5. The van der Waals surface area contributed by atoms with Gasteiger partial charge in [0.15, 0.2) is 28.8 Å². The first-order chi connectivity index (χ1) is 13.3. The van der Waals surface area contributed by atoms with Crippen LogP contribution in [0.25, 0.3) is 5.69 Å². The third-order valence-electron chi connectivity index (χ3n) is 4.37. The monoisotopic (exact) mass is 365 g/mol. The molecule has 2 aliphatic heterocycles. The number of hydrogen-bond donors (Lipinski definition) is 1. The SMILES string of the molecule is O=c1c(NCc2ccc3c(c2)OCO3)nccn1-c1ccc2c(c1)OCO2. The van der Waals surface area contributed by atoms with Gasteiger partial charge in [0.1, 0.15) is 0 Å². The van der Waals surface area contributed by atoms with E-state index in [4.69, 9.17) is 18.9 Å². The van der Waals surface area contributed by atoms with Gasteiger partial charge in [-0.2, -0.15) is 0 Å². The molecule has 1 N–H and O–H groups in total. The minimum atomic E-state index is -0.253. The molecule has 0 fully saturated rings. The van der Waals surface area contributed by atoms with Crippen LogP contribution in [0.5, 0.6) is 23.0 Å². The van der Waals surface area contributed by atoms with Crippen LogP contribution in [0.2, 0.25) is 0 Å². The summed E-state index contributed by atoms with van der Waals surface area (Å²) in [5.74, 6) is 2.97. The molecule has 0 spiro atoms. The quantitative estimate of drug-likeness (QED) is 0.759. The number of nitrogens with one attached hydrogen (secondary N) is 1. The van der Waals surface area contributed by atoms with E-state index < -0.39 is 0 Å². The molecule has 0 atom stereocenters. The van der Waals surface area contributed by atoms with Crippen molar-refractivity contribution in [3.8, 4) is 28.7 Å². The summed E-state index contributed by atoms with van der Waals surface area (Å²) in [4.78, 5) is 17.0. The summed E-state index contributed by atoms with van der Waals surface area (Å²) in [6.45, 7) is 0.850. The van der Waals surface area contributed by atoms with Gasteiger partial charge in [0.05, 0.1) is 5.69 Å². The number of nitrogens with zero attached hydrogens (tertiary/aromatic N) is 2. The highest BCUT2D eigenvalue weighted by molar-refractivity contribution is 5.51. The molecule has 0 bridgehead atoms. The Balaban J connectivity index is 1.39. The van der Waals surface area contributed by atoms with Crippen molar-refractivity contribution < 1.29 is 18.9 Å². The van der Waals surface area contributed by atoms with Crippen molar-refractivity contribution in [2.24, 2.45) is 0 Å². The predicted molar refractivity (Wildman–Crippen MR) is 95.8 cm³/mol. The summed E-state index contributed by atoms with van der Waals surface area (Å²) in [5, 5.41) is 3.09. The van der Waals surface area contributed by atoms with Crippen molar-refractivity contribution in [1.29, 1.82) is 0 Å². The van der Waals surface area contributed by atoms with Crippen molar-refractivity contribution in [1.82, 2.24) is 9.55 Å². The minimum absolute atomic E-state index is 0.187. The summed E-state index contributed by atoms with van der Waals surface area (Å²) in [5.41, 5.74) is 1.38. The fourth-order valence-corrected chi connectivity index (χ4v) is 3.01. The van der Waals surface area contributed by atoms with Gasteiger partial charge in [0.25, 0.3) is 5.56 Å². The Morgan fingerprint density at radius 3 is 2.44 bits per heavy atom. The molecule has 0 saturated heterocycles. The van der Waals surface area contributed by atoms with E-state index in [0.29, 0.717) is 29.5 Å². The van der Waals surface area contributed by atoms with Gasteiger partial charge in [0.2, 0.25) is 13.6 Å². The Bertz CT molecular complexity index is 1080. The molecule has 0 amide bonds. The molecule has 2 aliphatic rings. The zero-order valence-electron chi connectivity index (χ0n) is 14.2. The largest absolute Gasteiger partial charge is 0.454 e. The van der Waals surface area contributed by atoms with E-state index >= 15 is 0 Å². The molecule has 8 nitrogen and oxygen atoms in total. The predicted octanol–water partition coefficient (Wildman–Crippen LogP) is 2.30. The lowest BCUT2D eigenvalue weighted by Gasteiger charge is -2.10. The van der Waals surface area contributed by atoms with E-state index in [9.17, 15) is 4.79 Å². The Labute approximate surface area is 153 Å². The van der Waals surface area contributed by atoms with Gasteiger partial charge in [-0.15, -0.1) is 0 Å². The number of ether oxygens (including phenoxy) is 4. The van der Waals surface area contributed by atoms with E-state index in [-0.39, 0.29) is 25.0 Å². The van der Waals surface area contributed by atoms with Crippen molar-refractivity contribution in [2.45, 2.75) is 6.54 Å². The molecule has 8 heteroatoms. The van der Waals surface area contributed by atoms with Gasteiger partial charge in [-0.1, -0.05) is 6.07 Å². The van der Waals surface area contributed by atoms with Gasteiger partial charge in [-0.05, 0) is 29.8 Å². The summed E-state index contributed by atoms with van der Waals surface area (Å²) >= 11 is 0. The first-order valence-corrected chi connectivity index (χ1v) is 8.38. The lowest BCUT2D eigenvalue weighted by molar-refractivity contribution is 0.173. The van der Waals surface area contributed by atoms with Crippen LogP contribution < -0.4 is 29.8 Å². The fourth-order valence-electron chi connectivity index (χ4n) is 3.01. The summed E-state index contributed by atoms with van der Waals surface area (Å²) in [6.07, 6.45) is 3.19. The highest BCUT2D eigenvalue weighted by atomic mass is 16.7. The summed E-state index contributed by atoms with van der Waals surface area (Å²) in [6, 6.07) is 11.0. The lowest BCUT2D eigenvalue weighted by atomic mass is 10.2. The Morgan fingerprint density at radius 2 is 1.63 bits per heavy atom. The maximum Gasteiger partial charge on any atom is 0.297 e. The van der Waals surface area contributed by atoms with E-state index in [0.717, 1.165) is 11.3 Å². The standard InChI is InChI=1S/C19H15N3O5/c23-19-18(21-9-12-1-3-14-16(7-12)26-10-24-14)20-5-6-22(19)13-2-4-15-17(8-13)27-11-25-15/h1-8H,9-11H2,(H,20,21). The van der Waals surface area contributed by atoms with Crippen LogP contribution in [0.1, 0.15) is 5.56 Å². The first-order valence-electron chi connectivity index (χ1n) is 8.38. The molecular weight excluding hydrogens is 350 g/mol. The summed E-state index contributed by atoms with van der Waals surface area (Å²) in [7, 11) is 0. The van der Waals surface area contributed by atoms with Gasteiger partial charge >= 0.3 is 0 Å². The van der Waals surface area contributed by atoms with Crippen LogP contribution >= 0.6 is 0 Å². The number of rotatable bonds is 4. The lowest BCUT2D eigenvalue weighted by Crippen LogP contribution is -2.23. The maximum absolute atomic E-state index is 12.8. The third-order valence-corrected chi connectivity index (χ3v) is 4.37. The second kappa shape index (κ2) is 6.24. The highest BCUT2D eigenvalue weighted by Crippen LogP contribution is 2.34. The van der Waals surface area contributed by atoms with E-state index in [1.54, 1.807) is 30.6 Å². The molecule has 5 rings (SSSR count). The second-order valence-corrected chi connectivity index (χ2v) is 6.03. The highest BCUT2D eigenvalue weighted by Gasteiger charge is 2.16. The minimum Gasteiger partial charge on any atom is -0.454 e. The Morgan fingerprint density at radius 1 is 0.926 bits per heavy atom. The molecule has 0 saturated carbocycles. The smallest absolute Gasteiger partial charge is 0.297 e. The van der Waals surface area contributed by atoms with Crippen LogP contribution in [0, 0.1) is 0 Å². The number of aromatic nitrogens is 2. The maximum atomic E-state index is 12.8. The van der Waals surface area contributed by atoms with Gasteiger partial charge in [0, 0.05) is 25.0 Å². The topological polar surface area (TPSA) is 83.8 Å². The molecule has 2 aromatic carbocycles. The number of benzene rings is 2. The van der Waals surface area contributed by atoms with Crippen molar-refractivity contribution >= 4 is 5.82 Å². The zero-order valence-corrected chi connectivity index (χ0v) is 14.2.